The number of hydrogen-bond donors (Lipinski definition) is 4. The minimum Gasteiger partial charge on any atom is -0.394 e. The van der Waals surface area contributed by atoms with Crippen molar-refractivity contribution in [3.63, 3.8) is 0 Å². The third-order valence-electron chi connectivity index (χ3n) is 5.64. The van der Waals surface area contributed by atoms with Gasteiger partial charge in [0.05, 0.1) is 24.3 Å². The first-order valence-electron chi connectivity index (χ1n) is 11.0. The highest BCUT2D eigenvalue weighted by Gasteiger charge is 2.36. The molecule has 5 rings (SSSR count). The summed E-state index contributed by atoms with van der Waals surface area (Å²) >= 11 is 0. The number of carbonyl (C=O) groups excluding carboxylic acids is 2. The van der Waals surface area contributed by atoms with Crippen molar-refractivity contribution in [2.75, 3.05) is 17.2 Å². The summed E-state index contributed by atoms with van der Waals surface area (Å²) in [5, 5.41) is 29.8. The van der Waals surface area contributed by atoms with Gasteiger partial charge in [-0.1, -0.05) is 36.4 Å². The molecule has 3 atom stereocenters. The number of nitrogens with zero attached hydrogens (tertiary/aromatic N) is 4. The second-order valence-corrected chi connectivity index (χ2v) is 7.98. The largest absolute Gasteiger partial charge is 0.394 e. The second-order valence-electron chi connectivity index (χ2n) is 7.98. The Labute approximate surface area is 199 Å². The van der Waals surface area contributed by atoms with Crippen LogP contribution < -0.4 is 10.6 Å². The molecule has 3 heterocycles. The van der Waals surface area contributed by atoms with Crippen molar-refractivity contribution >= 4 is 34.6 Å². The van der Waals surface area contributed by atoms with Crippen LogP contribution in [0.1, 0.15) is 33.4 Å². The van der Waals surface area contributed by atoms with Crippen LogP contribution in [0, 0.1) is 0 Å². The third kappa shape index (κ3) is 4.60. The zero-order valence-electron chi connectivity index (χ0n) is 18.4. The van der Waals surface area contributed by atoms with Gasteiger partial charge in [-0.15, -0.1) is 0 Å². The quantitative estimate of drug-likeness (QED) is 0.331. The lowest BCUT2D eigenvalue weighted by molar-refractivity contribution is -0.0470. The molecule has 178 valence electrons. The standard InChI is InChI=1S/C24H22N6O5/c31-13-18-17(32)11-19(35-18)30-21-16(12-25-30)20(26-22(33)14-7-3-1-4-8-14)27-24(28-21)29-23(34)15-9-5-2-6-10-15/h1-10,12,17-19,31-32H,11,13H2,(H2,26,27,28,29,33,34)/t17-,18+,19+/m0/s1. The van der Waals surface area contributed by atoms with E-state index in [1.807, 2.05) is 0 Å². The topological polar surface area (TPSA) is 151 Å². The van der Waals surface area contributed by atoms with Crippen LogP contribution >= 0.6 is 0 Å². The summed E-state index contributed by atoms with van der Waals surface area (Å²) < 4.78 is 7.16. The first kappa shape index (κ1) is 22.6. The normalized spacial score (nSPS) is 19.5. The lowest BCUT2D eigenvalue weighted by Gasteiger charge is -2.14. The molecule has 0 bridgehead atoms. The minimum atomic E-state index is -0.874. The number of rotatable bonds is 6. The van der Waals surface area contributed by atoms with Crippen molar-refractivity contribution < 1.29 is 24.5 Å². The van der Waals surface area contributed by atoms with Gasteiger partial charge in [-0.05, 0) is 24.3 Å². The van der Waals surface area contributed by atoms with Crippen LogP contribution in [-0.2, 0) is 4.74 Å². The first-order valence-corrected chi connectivity index (χ1v) is 11.0. The zero-order valence-corrected chi connectivity index (χ0v) is 18.4. The van der Waals surface area contributed by atoms with Gasteiger partial charge in [-0.3, -0.25) is 14.9 Å². The number of aromatic nitrogens is 4. The van der Waals surface area contributed by atoms with E-state index >= 15 is 0 Å². The number of fused-ring (bicyclic) bond motifs is 1. The minimum absolute atomic E-state index is 0.0475. The van der Waals surface area contributed by atoms with Gasteiger partial charge in [-0.25, -0.2) is 4.68 Å². The van der Waals surface area contributed by atoms with Gasteiger partial charge in [0.2, 0.25) is 5.95 Å². The highest BCUT2D eigenvalue weighted by Crippen LogP contribution is 2.32. The Hall–Kier alpha value is -4.19. The van der Waals surface area contributed by atoms with E-state index in [1.165, 1.54) is 10.9 Å². The van der Waals surface area contributed by atoms with Crippen LogP contribution in [0.15, 0.2) is 66.9 Å². The van der Waals surface area contributed by atoms with E-state index in [1.54, 1.807) is 60.7 Å². The van der Waals surface area contributed by atoms with E-state index in [0.29, 0.717) is 16.5 Å². The maximum Gasteiger partial charge on any atom is 0.258 e. The predicted octanol–water partition coefficient (Wildman–Crippen LogP) is 1.97. The molecule has 11 nitrogen and oxygen atoms in total. The van der Waals surface area contributed by atoms with E-state index in [4.69, 9.17) is 4.74 Å². The molecule has 4 aromatic rings. The lowest BCUT2D eigenvalue weighted by Crippen LogP contribution is -2.24. The molecule has 2 aromatic heterocycles. The summed E-state index contributed by atoms with van der Waals surface area (Å²) in [4.78, 5) is 34.4. The average Bonchev–Trinajstić information content (AvgIpc) is 3.48. The number of carbonyl (C=O) groups is 2. The highest BCUT2D eigenvalue weighted by molar-refractivity contribution is 6.08. The lowest BCUT2D eigenvalue weighted by atomic mass is 10.2. The van der Waals surface area contributed by atoms with Gasteiger partial charge < -0.3 is 20.3 Å². The maximum atomic E-state index is 12.8. The molecule has 0 aliphatic carbocycles. The molecule has 2 aromatic carbocycles. The van der Waals surface area contributed by atoms with Gasteiger partial charge in [0.1, 0.15) is 11.9 Å². The van der Waals surface area contributed by atoms with Crippen LogP contribution in [0.2, 0.25) is 0 Å². The Kier molecular flexibility index (Phi) is 6.19. The van der Waals surface area contributed by atoms with Gasteiger partial charge in [0.15, 0.2) is 11.9 Å². The van der Waals surface area contributed by atoms with Crippen molar-refractivity contribution in [1.29, 1.82) is 0 Å². The number of hydrogen-bond acceptors (Lipinski definition) is 8. The summed E-state index contributed by atoms with van der Waals surface area (Å²) in [6.07, 6.45) is -0.675. The highest BCUT2D eigenvalue weighted by atomic mass is 16.5. The van der Waals surface area contributed by atoms with E-state index in [9.17, 15) is 19.8 Å². The fourth-order valence-electron chi connectivity index (χ4n) is 3.85. The zero-order chi connectivity index (χ0) is 24.4. The van der Waals surface area contributed by atoms with Crippen molar-refractivity contribution in [3.05, 3.63) is 78.0 Å². The Morgan fingerprint density at radius 2 is 1.60 bits per heavy atom. The fourth-order valence-corrected chi connectivity index (χ4v) is 3.85. The Balaban J connectivity index is 1.53. The Morgan fingerprint density at radius 3 is 2.20 bits per heavy atom. The summed E-state index contributed by atoms with van der Waals surface area (Å²) in [5.41, 5.74) is 1.12. The molecule has 1 fully saturated rings. The molecule has 2 amide bonds. The number of benzene rings is 2. The van der Waals surface area contributed by atoms with Gasteiger partial charge in [0.25, 0.3) is 11.8 Å². The van der Waals surface area contributed by atoms with Crippen LogP contribution in [0.5, 0.6) is 0 Å². The van der Waals surface area contributed by atoms with Crippen molar-refractivity contribution in [3.8, 4) is 0 Å². The molecule has 1 saturated heterocycles. The number of aliphatic hydroxyl groups is 2. The molecule has 11 heteroatoms. The van der Waals surface area contributed by atoms with Crippen LogP contribution in [0.25, 0.3) is 11.0 Å². The van der Waals surface area contributed by atoms with E-state index < -0.39 is 30.3 Å². The summed E-state index contributed by atoms with van der Waals surface area (Å²) in [5.74, 6) is -0.722. The summed E-state index contributed by atoms with van der Waals surface area (Å²) in [7, 11) is 0. The smallest absolute Gasteiger partial charge is 0.258 e. The molecule has 0 unspecified atom stereocenters. The SMILES string of the molecule is O=C(Nc1nc(NC(=O)c2ccccc2)c2cnn([C@H]3C[C@H](O)[C@@H](CO)O3)c2n1)c1ccccc1. The van der Waals surface area contributed by atoms with E-state index in [-0.39, 0.29) is 30.4 Å². The van der Waals surface area contributed by atoms with Crippen LogP contribution in [0.3, 0.4) is 0 Å². The monoisotopic (exact) mass is 474 g/mol. The molecule has 0 radical (unpaired) electrons. The third-order valence-corrected chi connectivity index (χ3v) is 5.64. The predicted molar refractivity (Wildman–Crippen MR) is 126 cm³/mol. The summed E-state index contributed by atoms with van der Waals surface area (Å²) in [6.45, 7) is -0.345. The number of nitrogens with one attached hydrogen (secondary N) is 2. The Morgan fingerprint density at radius 1 is 0.971 bits per heavy atom. The Bertz CT molecular complexity index is 1360. The first-order chi connectivity index (χ1) is 17.0. The molecule has 1 aliphatic rings. The van der Waals surface area contributed by atoms with Crippen molar-refractivity contribution in [1.82, 2.24) is 19.7 Å². The van der Waals surface area contributed by atoms with Crippen molar-refractivity contribution in [2.24, 2.45) is 0 Å². The molecule has 1 aliphatic heterocycles. The number of anilines is 2. The van der Waals surface area contributed by atoms with Crippen LogP contribution in [-0.4, -0.2) is 60.6 Å². The van der Waals surface area contributed by atoms with Crippen molar-refractivity contribution in [2.45, 2.75) is 24.9 Å². The van der Waals surface area contributed by atoms with Crippen LogP contribution in [0.4, 0.5) is 11.8 Å². The fraction of sp³-hybridized carbons (Fsp3) is 0.208. The molecular weight excluding hydrogens is 452 g/mol. The van der Waals surface area contributed by atoms with Gasteiger partial charge in [-0.2, -0.15) is 15.1 Å². The molecule has 35 heavy (non-hydrogen) atoms. The molecule has 0 spiro atoms. The average molecular weight is 474 g/mol. The second kappa shape index (κ2) is 9.58. The summed E-state index contributed by atoms with van der Waals surface area (Å²) in [6, 6.07) is 17.2. The molecular formula is C24H22N6O5. The van der Waals surface area contributed by atoms with E-state index in [0.717, 1.165) is 0 Å². The number of amides is 2. The number of ether oxygens (including phenoxy) is 1. The molecule has 4 N–H and O–H groups in total. The maximum absolute atomic E-state index is 12.8. The number of aliphatic hydroxyl groups excluding tert-OH is 2. The van der Waals surface area contributed by atoms with E-state index in [2.05, 4.69) is 25.7 Å². The molecule has 0 saturated carbocycles. The van der Waals surface area contributed by atoms with Gasteiger partial charge in [0, 0.05) is 17.5 Å². The van der Waals surface area contributed by atoms with Gasteiger partial charge >= 0.3 is 0 Å².